The van der Waals surface area contributed by atoms with E-state index in [1.807, 2.05) is 0 Å². The Hall–Kier alpha value is -2.75. The van der Waals surface area contributed by atoms with Gasteiger partial charge in [-0.05, 0) is 23.6 Å². The van der Waals surface area contributed by atoms with Crippen LogP contribution in [0.25, 0.3) is 10.8 Å². The van der Waals surface area contributed by atoms with E-state index in [9.17, 15) is 53.1 Å². The number of alkyl halides is 6. The monoisotopic (exact) mass is 467 g/mol. The molecule has 0 unspecified atom stereocenters. The second-order valence-electron chi connectivity index (χ2n) is 5.08. The summed E-state index contributed by atoms with van der Waals surface area (Å²) in [7, 11) is -12.6. The van der Waals surface area contributed by atoms with Crippen molar-refractivity contribution >= 4 is 37.0 Å². The number of hydrogen-bond acceptors (Lipinski definition) is 8. The van der Waals surface area contributed by atoms with Crippen LogP contribution in [0.2, 0.25) is 0 Å². The number of carboxylic acids is 1. The van der Waals surface area contributed by atoms with Gasteiger partial charge in [-0.2, -0.15) is 43.2 Å². The molecule has 0 radical (unpaired) electrons. The van der Waals surface area contributed by atoms with E-state index in [1.165, 1.54) is 0 Å². The van der Waals surface area contributed by atoms with Gasteiger partial charge in [0.25, 0.3) is 0 Å². The maximum atomic E-state index is 12.5. The fourth-order valence-electron chi connectivity index (χ4n) is 1.91. The zero-order valence-corrected chi connectivity index (χ0v) is 14.9. The van der Waals surface area contributed by atoms with E-state index in [1.54, 1.807) is 0 Å². The first-order valence-electron chi connectivity index (χ1n) is 6.76. The number of halogens is 6. The van der Waals surface area contributed by atoms with Gasteiger partial charge in [0.1, 0.15) is 0 Å². The average molecular weight is 467 g/mol. The smallest absolute Gasteiger partial charge is 0.534 e. The standard InChI is InChI=1S/C13H6F6O8S2/c14-12(15,16)28(22,23)26-9-3-1-2-6-4-8(11(20)21)10(5-7(6)9)27-29(24,25)13(17,18)19/h1-5H,(H,20,21)/p-1. The van der Waals surface area contributed by atoms with Crippen molar-refractivity contribution in [2.75, 3.05) is 0 Å². The number of benzene rings is 2. The molecule has 0 aliphatic carbocycles. The molecule has 160 valence electrons. The van der Waals surface area contributed by atoms with Gasteiger partial charge in [-0.1, -0.05) is 12.1 Å². The lowest BCUT2D eigenvalue weighted by Crippen LogP contribution is -2.30. The molecule has 2 aromatic carbocycles. The van der Waals surface area contributed by atoms with Crippen LogP contribution in [-0.4, -0.2) is 33.8 Å². The fraction of sp³-hybridized carbons (Fsp3) is 0.154. The molecule has 0 aliphatic heterocycles. The van der Waals surface area contributed by atoms with Crippen LogP contribution >= 0.6 is 0 Å². The van der Waals surface area contributed by atoms with Gasteiger partial charge in [0.05, 0.1) is 5.97 Å². The first-order valence-corrected chi connectivity index (χ1v) is 9.57. The summed E-state index contributed by atoms with van der Waals surface area (Å²) < 4.78 is 127. The van der Waals surface area contributed by atoms with E-state index in [-0.39, 0.29) is 11.5 Å². The van der Waals surface area contributed by atoms with Crippen LogP contribution in [0, 0.1) is 0 Å². The predicted octanol–water partition coefficient (Wildman–Crippen LogP) is 1.66. The Kier molecular flexibility index (Phi) is 5.39. The van der Waals surface area contributed by atoms with Crippen LogP contribution in [-0.2, 0) is 20.2 Å². The molecular weight excluding hydrogens is 462 g/mol. The van der Waals surface area contributed by atoms with E-state index >= 15 is 0 Å². The maximum Gasteiger partial charge on any atom is 0.534 e. The van der Waals surface area contributed by atoms with Crippen molar-refractivity contribution in [2.24, 2.45) is 0 Å². The van der Waals surface area contributed by atoms with Gasteiger partial charge in [0.2, 0.25) is 0 Å². The molecular formula is C13H5F6O8S2-. The lowest BCUT2D eigenvalue weighted by atomic mass is 10.1. The third-order valence-electron chi connectivity index (χ3n) is 3.13. The fourth-order valence-corrected chi connectivity index (χ4v) is 2.85. The molecule has 8 nitrogen and oxygen atoms in total. The molecule has 29 heavy (non-hydrogen) atoms. The number of fused-ring (bicyclic) bond motifs is 1. The van der Waals surface area contributed by atoms with Gasteiger partial charge >= 0.3 is 31.3 Å². The number of rotatable bonds is 5. The van der Waals surface area contributed by atoms with Crippen molar-refractivity contribution in [1.82, 2.24) is 0 Å². The van der Waals surface area contributed by atoms with E-state index < -0.39 is 59.7 Å². The van der Waals surface area contributed by atoms with Crippen LogP contribution in [0.1, 0.15) is 10.4 Å². The van der Waals surface area contributed by atoms with Crippen LogP contribution in [0.3, 0.4) is 0 Å². The molecule has 0 fully saturated rings. The predicted molar refractivity (Wildman–Crippen MR) is 79.5 cm³/mol. The molecule has 0 bridgehead atoms. The minimum atomic E-state index is -6.38. The summed E-state index contributed by atoms with van der Waals surface area (Å²) in [5, 5.41) is 10.1. The molecule has 0 aliphatic rings. The SMILES string of the molecule is O=C([O-])c1cc2cccc(OS(=O)(=O)C(F)(F)F)c2cc1OS(=O)(=O)C(F)(F)F. The zero-order valence-electron chi connectivity index (χ0n) is 13.2. The van der Waals surface area contributed by atoms with Crippen molar-refractivity contribution in [3.8, 4) is 11.5 Å². The summed E-state index contributed by atoms with van der Waals surface area (Å²) in [4.78, 5) is 11.1. The minimum Gasteiger partial charge on any atom is -0.545 e. The summed E-state index contributed by atoms with van der Waals surface area (Å²) in [5.41, 5.74) is -13.0. The lowest BCUT2D eigenvalue weighted by Gasteiger charge is -2.16. The second kappa shape index (κ2) is 6.94. The highest BCUT2D eigenvalue weighted by Gasteiger charge is 2.49. The van der Waals surface area contributed by atoms with Gasteiger partial charge in [-0.25, -0.2) is 0 Å². The Labute approximate surface area is 157 Å². The number of carboxylic acid groups (broad SMARTS) is 1. The Morgan fingerprint density at radius 3 is 1.76 bits per heavy atom. The first kappa shape index (κ1) is 22.5. The molecule has 0 saturated heterocycles. The normalized spacial score (nSPS) is 13.3. The molecule has 2 rings (SSSR count). The van der Waals surface area contributed by atoms with Gasteiger partial charge in [0.15, 0.2) is 11.5 Å². The number of aromatic carboxylic acids is 1. The van der Waals surface area contributed by atoms with E-state index in [4.69, 9.17) is 0 Å². The van der Waals surface area contributed by atoms with Crippen LogP contribution in [0.5, 0.6) is 11.5 Å². The Balaban J connectivity index is 2.73. The quantitative estimate of drug-likeness (QED) is 0.369. The highest BCUT2D eigenvalue weighted by atomic mass is 32.2. The summed E-state index contributed by atoms with van der Waals surface area (Å²) >= 11 is 0. The summed E-state index contributed by atoms with van der Waals surface area (Å²) in [5.74, 6) is -4.76. The molecule has 0 N–H and O–H groups in total. The third kappa shape index (κ3) is 4.47. The van der Waals surface area contributed by atoms with E-state index in [0.717, 1.165) is 12.1 Å². The zero-order chi connectivity index (χ0) is 22.4. The van der Waals surface area contributed by atoms with Crippen molar-refractivity contribution in [2.45, 2.75) is 11.0 Å². The topological polar surface area (TPSA) is 127 Å². The molecule has 0 atom stereocenters. The molecule has 2 aromatic rings. The van der Waals surface area contributed by atoms with Crippen LogP contribution in [0.15, 0.2) is 30.3 Å². The number of hydrogen-bond donors (Lipinski definition) is 0. The number of carbonyl (C=O) groups excluding carboxylic acids is 1. The molecule has 0 spiro atoms. The van der Waals surface area contributed by atoms with Crippen LogP contribution in [0.4, 0.5) is 26.3 Å². The van der Waals surface area contributed by atoms with Gasteiger partial charge in [-0.15, -0.1) is 0 Å². The van der Waals surface area contributed by atoms with Crippen molar-refractivity contribution in [1.29, 1.82) is 0 Å². The van der Waals surface area contributed by atoms with Gasteiger partial charge < -0.3 is 18.3 Å². The molecule has 0 heterocycles. The number of carbonyl (C=O) groups is 1. The molecule has 0 saturated carbocycles. The van der Waals surface area contributed by atoms with E-state index in [2.05, 4.69) is 8.37 Å². The second-order valence-corrected chi connectivity index (χ2v) is 8.16. The summed E-state index contributed by atoms with van der Waals surface area (Å²) in [6.07, 6.45) is 0. The van der Waals surface area contributed by atoms with Crippen molar-refractivity contribution < 1.29 is 61.4 Å². The largest absolute Gasteiger partial charge is 0.545 e. The molecule has 16 heteroatoms. The van der Waals surface area contributed by atoms with Gasteiger partial charge in [-0.3, -0.25) is 0 Å². The summed E-state index contributed by atoms with van der Waals surface area (Å²) in [6.45, 7) is 0. The average Bonchev–Trinajstić information content (AvgIpc) is 2.52. The van der Waals surface area contributed by atoms with Crippen molar-refractivity contribution in [3.63, 3.8) is 0 Å². The highest BCUT2D eigenvalue weighted by molar-refractivity contribution is 7.88. The van der Waals surface area contributed by atoms with Crippen molar-refractivity contribution in [3.05, 3.63) is 35.9 Å². The Bertz CT molecular complexity index is 1180. The molecule has 0 amide bonds. The maximum absolute atomic E-state index is 12.5. The highest BCUT2D eigenvalue weighted by Crippen LogP contribution is 2.37. The Morgan fingerprint density at radius 1 is 0.828 bits per heavy atom. The summed E-state index contributed by atoms with van der Waals surface area (Å²) in [6, 6.07) is 3.38. The van der Waals surface area contributed by atoms with Gasteiger partial charge in [0, 0.05) is 10.9 Å². The lowest BCUT2D eigenvalue weighted by molar-refractivity contribution is -0.255. The molecule has 0 aromatic heterocycles. The minimum absolute atomic E-state index is 0.255. The third-order valence-corrected chi connectivity index (χ3v) is 5.06. The Morgan fingerprint density at radius 2 is 1.31 bits per heavy atom. The van der Waals surface area contributed by atoms with Crippen LogP contribution < -0.4 is 13.5 Å². The van der Waals surface area contributed by atoms with E-state index in [0.29, 0.717) is 12.1 Å². The first-order chi connectivity index (χ1) is 13.0.